The molecule has 0 bridgehead atoms. The van der Waals surface area contributed by atoms with Crippen molar-refractivity contribution in [3.63, 3.8) is 0 Å². The smallest absolute Gasteiger partial charge is 0.292 e. The van der Waals surface area contributed by atoms with E-state index in [1.54, 1.807) is 0 Å². The highest BCUT2D eigenvalue weighted by molar-refractivity contribution is 6.67. The summed E-state index contributed by atoms with van der Waals surface area (Å²) in [7, 11) is 50.1. The van der Waals surface area contributed by atoms with Crippen molar-refractivity contribution in [2.24, 2.45) is 46.3 Å². The Morgan fingerprint density at radius 3 is 2.03 bits per heavy atom. The average Bonchev–Trinajstić information content (AvgIpc) is 3.08. The predicted molar refractivity (Wildman–Crippen MR) is 151 cm³/mol. The van der Waals surface area contributed by atoms with E-state index in [-0.39, 0.29) is 46.8 Å². The number of carboxylic acid groups (broad SMARTS) is 1. The summed E-state index contributed by atoms with van der Waals surface area (Å²) < 4.78 is 0. The highest BCUT2D eigenvalue weighted by Crippen LogP contribution is 2.73. The summed E-state index contributed by atoms with van der Waals surface area (Å²) in [5.41, 5.74) is -2.35. The molecule has 4 rings (SSSR count). The number of fused-ring (bicyclic) bond motifs is 5. The van der Waals surface area contributed by atoms with E-state index >= 15 is 0 Å². The van der Waals surface area contributed by atoms with Crippen molar-refractivity contribution >= 4 is 68.7 Å². The average molecular weight is 485 g/mol. The number of aliphatic hydroxyl groups excluding tert-OH is 1. The lowest BCUT2D eigenvalue weighted by Gasteiger charge is -2.72. The fourth-order valence-corrected chi connectivity index (χ4v) is 9.46. The Morgan fingerprint density at radius 1 is 0.892 bits per heavy atom. The molecule has 16 radical (unpaired) electrons. The summed E-state index contributed by atoms with van der Waals surface area (Å²) in [4.78, 5) is 11.5. The molecule has 10 atom stereocenters. The lowest BCUT2D eigenvalue weighted by atomic mass is 9.16. The lowest BCUT2D eigenvalue weighted by Crippen LogP contribution is -2.71. The molecule has 4 aliphatic carbocycles. The van der Waals surface area contributed by atoms with Gasteiger partial charge in [0.25, 0.3) is 5.97 Å². The summed E-state index contributed by atoms with van der Waals surface area (Å²) >= 11 is 0. The van der Waals surface area contributed by atoms with Crippen LogP contribution >= 0.6 is 0 Å². The van der Waals surface area contributed by atoms with Gasteiger partial charge in [-0.3, -0.25) is 4.79 Å². The molecule has 0 heterocycles. The van der Waals surface area contributed by atoms with Gasteiger partial charge in [-0.1, -0.05) is 26.7 Å². The molecule has 4 aliphatic rings. The van der Waals surface area contributed by atoms with Gasteiger partial charge in [0.2, 0.25) is 0 Å². The zero-order valence-corrected chi connectivity index (χ0v) is 22.3. The van der Waals surface area contributed by atoms with Gasteiger partial charge in [0.1, 0.15) is 7.85 Å². The van der Waals surface area contributed by atoms with E-state index in [0.717, 1.165) is 32.1 Å². The van der Waals surface area contributed by atoms with Crippen LogP contribution in [-0.4, -0.2) is 95.7 Å². The maximum Gasteiger partial charge on any atom is 0.292 e. The van der Waals surface area contributed by atoms with Gasteiger partial charge in [0.15, 0.2) is 0 Å². The summed E-state index contributed by atoms with van der Waals surface area (Å²) in [6.45, 7) is 4.41. The van der Waals surface area contributed by atoms with E-state index in [2.05, 4.69) is 13.8 Å². The van der Waals surface area contributed by atoms with E-state index in [9.17, 15) is 20.1 Å². The molecule has 0 unspecified atom stereocenters. The molecule has 37 heavy (non-hydrogen) atoms. The first-order valence-electron chi connectivity index (χ1n) is 13.7. The van der Waals surface area contributed by atoms with Crippen LogP contribution in [0.15, 0.2) is 0 Å². The second-order valence-electron chi connectivity index (χ2n) is 13.7. The molecular weight excluding hydrogens is 451 g/mol. The Hall–Kier alpha value is -0.0905. The number of carbonyl (C=O) groups is 1. The third kappa shape index (κ3) is 4.49. The Bertz CT molecular complexity index is 908. The highest BCUT2D eigenvalue weighted by atomic mass is 16.4. The third-order valence-corrected chi connectivity index (χ3v) is 11.7. The van der Waals surface area contributed by atoms with Crippen LogP contribution in [0.3, 0.4) is 0 Å². The molecule has 0 aliphatic heterocycles. The first-order chi connectivity index (χ1) is 16.7. The molecule has 12 heteroatoms. The van der Waals surface area contributed by atoms with E-state index in [1.165, 1.54) is 0 Å². The van der Waals surface area contributed by atoms with Crippen molar-refractivity contribution in [2.75, 3.05) is 0 Å². The van der Waals surface area contributed by atoms with Crippen LogP contribution in [0.5, 0.6) is 0 Å². The fraction of sp³-hybridized carbons (Fsp3) is 0.960. The summed E-state index contributed by atoms with van der Waals surface area (Å²) in [6.07, 6.45) is 5.32. The molecule has 0 spiro atoms. The van der Waals surface area contributed by atoms with Crippen molar-refractivity contribution < 1.29 is 20.1 Å². The Kier molecular flexibility index (Phi) is 7.44. The maximum absolute atomic E-state index is 12.3. The van der Waals surface area contributed by atoms with Crippen LogP contribution in [0.25, 0.3) is 0 Å². The molecule has 0 aromatic heterocycles. The molecule has 0 amide bonds. The topological polar surface area (TPSA) is 77.8 Å². The van der Waals surface area contributed by atoms with Gasteiger partial charge in [0.05, 0.1) is 37.5 Å². The van der Waals surface area contributed by atoms with Crippen LogP contribution in [0, 0.1) is 46.3 Å². The SMILES string of the molecule is [B]C([B])(CC[C@H]1CC[C@H]2[C@H]3[C@H](CC[C@]12C)[C@@]1(C)CC[C@@H](O)C[C@H]1[C@@H](C([B])([B])C([B])([B])[B])[C@@]3([B])O)C(=O)O. The Morgan fingerprint density at radius 2 is 1.46 bits per heavy atom. The van der Waals surface area contributed by atoms with Crippen LogP contribution in [0.1, 0.15) is 71.6 Å². The molecular formula is C25H34B8O4. The van der Waals surface area contributed by atoms with Crippen molar-refractivity contribution in [3.8, 4) is 0 Å². The van der Waals surface area contributed by atoms with Gasteiger partial charge in [-0.05, 0) is 96.5 Å². The van der Waals surface area contributed by atoms with Crippen molar-refractivity contribution in [2.45, 2.75) is 98.8 Å². The van der Waals surface area contributed by atoms with Crippen LogP contribution in [0.4, 0.5) is 0 Å². The second kappa shape index (κ2) is 9.22. The molecule has 4 nitrogen and oxygen atoms in total. The van der Waals surface area contributed by atoms with E-state index in [1.807, 2.05) is 0 Å². The molecule has 0 aromatic carbocycles. The molecule has 0 saturated heterocycles. The number of hydrogen-bond acceptors (Lipinski definition) is 3. The zero-order chi connectivity index (χ0) is 28.0. The van der Waals surface area contributed by atoms with Gasteiger partial charge in [0, 0.05) is 29.0 Å². The number of aliphatic hydroxyl groups is 2. The maximum atomic E-state index is 12.3. The van der Waals surface area contributed by atoms with Gasteiger partial charge in [-0.2, -0.15) is 0 Å². The number of carboxylic acids is 1. The predicted octanol–water partition coefficient (Wildman–Crippen LogP) is 1.05. The minimum absolute atomic E-state index is 0.0340. The van der Waals surface area contributed by atoms with Crippen molar-refractivity contribution in [1.82, 2.24) is 0 Å². The quantitative estimate of drug-likeness (QED) is 0.492. The zero-order valence-electron chi connectivity index (χ0n) is 22.3. The monoisotopic (exact) mass is 486 g/mol. The lowest BCUT2D eigenvalue weighted by molar-refractivity contribution is -0.222. The first kappa shape index (κ1) is 29.9. The molecule has 182 valence electrons. The van der Waals surface area contributed by atoms with Gasteiger partial charge in [-0.15, -0.1) is 10.3 Å². The number of aliphatic carboxylic acids is 1. The van der Waals surface area contributed by atoms with Crippen LogP contribution in [0.2, 0.25) is 15.5 Å². The van der Waals surface area contributed by atoms with Crippen molar-refractivity contribution in [1.29, 1.82) is 0 Å². The fourth-order valence-electron chi connectivity index (χ4n) is 9.46. The van der Waals surface area contributed by atoms with Gasteiger partial charge < -0.3 is 15.3 Å². The number of rotatable bonds is 6. The number of hydrogen-bond donors (Lipinski definition) is 3. The van der Waals surface area contributed by atoms with Crippen molar-refractivity contribution in [3.05, 3.63) is 0 Å². The van der Waals surface area contributed by atoms with Crippen LogP contribution in [-0.2, 0) is 4.79 Å². The molecule has 3 N–H and O–H groups in total. The largest absolute Gasteiger partial charge is 0.482 e. The normalized spacial score (nSPS) is 46.4. The second-order valence-corrected chi connectivity index (χ2v) is 13.7. The Labute approximate surface area is 233 Å². The van der Waals surface area contributed by atoms with Gasteiger partial charge >= 0.3 is 0 Å². The minimum Gasteiger partial charge on any atom is -0.482 e. The first-order valence-corrected chi connectivity index (χ1v) is 13.7. The summed E-state index contributed by atoms with van der Waals surface area (Å²) in [5, 5.41) is 26.6. The standard InChI is InChI=1S/C25H34B8O4/c1-20-9-7-15-17(14(20)4-3-12(20)5-10-22(26,27)19(35)36)23(28,37)18(24(29,30)25(31,32)33)16-11-13(34)6-8-21(15,16)2/h12-18,34,37H,3-11H2,1-2H3,(H,35,36)/t12-,13-,14+,15+,16+,17+,18-,20-,21-,23+/m1/s1. The van der Waals surface area contributed by atoms with E-state index < -0.39 is 39.0 Å². The Balaban J connectivity index is 1.75. The van der Waals surface area contributed by atoms with Gasteiger partial charge in [-0.25, -0.2) is 0 Å². The summed E-state index contributed by atoms with van der Waals surface area (Å²) in [5.74, 6) is -2.58. The highest BCUT2D eigenvalue weighted by Gasteiger charge is 2.69. The van der Waals surface area contributed by atoms with E-state index in [4.69, 9.17) is 62.8 Å². The minimum atomic E-state index is -2.03. The molecule has 4 saturated carbocycles. The van der Waals surface area contributed by atoms with E-state index in [0.29, 0.717) is 19.3 Å². The summed E-state index contributed by atoms with van der Waals surface area (Å²) in [6, 6.07) is 0. The van der Waals surface area contributed by atoms with Crippen LogP contribution < -0.4 is 0 Å². The third-order valence-electron chi connectivity index (χ3n) is 11.7. The molecule has 4 fully saturated rings. The molecule has 0 aromatic rings.